The van der Waals surface area contributed by atoms with Crippen LogP contribution in [-0.4, -0.2) is 48.3 Å². The van der Waals surface area contributed by atoms with Crippen molar-refractivity contribution in [3.8, 4) is 0 Å². The summed E-state index contributed by atoms with van der Waals surface area (Å²) in [5, 5.41) is 10.00. The Hall–Kier alpha value is -1.83. The van der Waals surface area contributed by atoms with Crippen molar-refractivity contribution in [2.24, 2.45) is 5.50 Å². The minimum atomic E-state index is -4.92. The van der Waals surface area contributed by atoms with Crippen LogP contribution in [0.5, 0.6) is 0 Å². The number of hydrogen-bond donors (Lipinski definition) is 5. The fourth-order valence-electron chi connectivity index (χ4n) is 2.65. The van der Waals surface area contributed by atoms with Crippen LogP contribution in [0.25, 0.3) is 11.2 Å². The Morgan fingerprint density at radius 2 is 2.15 bits per heavy atom. The van der Waals surface area contributed by atoms with Gasteiger partial charge in [0.25, 0.3) is 5.56 Å². The van der Waals surface area contributed by atoms with Crippen molar-refractivity contribution >= 4 is 25.6 Å². The highest BCUT2D eigenvalue weighted by Crippen LogP contribution is 2.38. The number of aliphatic hydroxyl groups is 1. The number of fused-ring (bicyclic) bond motifs is 1. The van der Waals surface area contributed by atoms with Gasteiger partial charge in [0.1, 0.15) is 12.3 Å². The molecule has 144 valence electrons. The number of aromatic nitrogens is 4. The van der Waals surface area contributed by atoms with Gasteiger partial charge in [0.2, 0.25) is 20.3 Å². The molecule has 2 aromatic heterocycles. The molecule has 0 amide bonds. The Kier molecular flexibility index (Phi) is 4.90. The summed E-state index contributed by atoms with van der Waals surface area (Å²) < 4.78 is 50.8. The number of aliphatic hydroxyl groups excluding tert-OH is 1. The zero-order valence-electron chi connectivity index (χ0n) is 12.8. The van der Waals surface area contributed by atoms with Gasteiger partial charge in [-0.3, -0.25) is 19.8 Å². The van der Waals surface area contributed by atoms with Gasteiger partial charge < -0.3 is 25.0 Å². The van der Waals surface area contributed by atoms with E-state index in [1.54, 1.807) is 0 Å². The Morgan fingerprint density at radius 1 is 1.46 bits per heavy atom. The number of ether oxygens (including phenoxy) is 1. The highest BCUT2D eigenvalue weighted by Gasteiger charge is 2.44. The quantitative estimate of drug-likeness (QED) is 0.428. The SMILES string of the molecule is Nc1nc2c(nc(C(F)(F)F)n2[C@H]2C[C@H](O)[C@@H](COP(N)O)O2)c(=O)[nH]1. The molecule has 1 unspecified atom stereocenters. The van der Waals surface area contributed by atoms with Crippen LogP contribution in [0.3, 0.4) is 0 Å². The number of H-pyrrole nitrogens is 1. The number of nitrogens with two attached hydrogens (primary N) is 2. The van der Waals surface area contributed by atoms with E-state index in [-0.39, 0.29) is 13.0 Å². The van der Waals surface area contributed by atoms with Crippen LogP contribution in [0.4, 0.5) is 19.1 Å². The molecule has 1 aliphatic heterocycles. The molecule has 3 heterocycles. The van der Waals surface area contributed by atoms with E-state index in [9.17, 15) is 23.1 Å². The number of anilines is 1. The van der Waals surface area contributed by atoms with Gasteiger partial charge >= 0.3 is 6.18 Å². The molecule has 11 nitrogen and oxygen atoms in total. The lowest BCUT2D eigenvalue weighted by Gasteiger charge is -2.18. The maximum atomic E-state index is 13.4. The second kappa shape index (κ2) is 6.72. The first-order valence-electron chi connectivity index (χ1n) is 7.13. The van der Waals surface area contributed by atoms with E-state index in [1.807, 2.05) is 0 Å². The molecule has 26 heavy (non-hydrogen) atoms. The predicted molar refractivity (Wildman–Crippen MR) is 81.4 cm³/mol. The van der Waals surface area contributed by atoms with E-state index in [0.717, 1.165) is 0 Å². The Labute approximate surface area is 143 Å². The summed E-state index contributed by atoms with van der Waals surface area (Å²) in [7, 11) is -2.22. The van der Waals surface area contributed by atoms with E-state index in [1.165, 1.54) is 0 Å². The van der Waals surface area contributed by atoms with Gasteiger partial charge in [-0.05, 0) is 0 Å². The molecule has 1 fully saturated rings. The summed E-state index contributed by atoms with van der Waals surface area (Å²) in [6.07, 6.45) is -8.75. The van der Waals surface area contributed by atoms with Gasteiger partial charge in [0.05, 0.1) is 12.7 Å². The fourth-order valence-corrected chi connectivity index (χ4v) is 2.95. The molecule has 0 aromatic carbocycles. The Bertz CT molecular complexity index is 870. The van der Waals surface area contributed by atoms with E-state index in [4.69, 9.17) is 25.4 Å². The molecule has 0 bridgehead atoms. The topological polar surface area (TPSA) is 175 Å². The molecule has 0 aliphatic carbocycles. The van der Waals surface area contributed by atoms with E-state index in [0.29, 0.717) is 4.57 Å². The molecule has 7 N–H and O–H groups in total. The van der Waals surface area contributed by atoms with Crippen LogP contribution in [-0.2, 0) is 15.4 Å². The normalized spacial score (nSPS) is 25.1. The average molecular weight is 398 g/mol. The van der Waals surface area contributed by atoms with Crippen molar-refractivity contribution in [2.75, 3.05) is 12.3 Å². The van der Waals surface area contributed by atoms with E-state index >= 15 is 0 Å². The summed E-state index contributed by atoms with van der Waals surface area (Å²) in [5.74, 6) is -1.82. The van der Waals surface area contributed by atoms with Crippen LogP contribution in [0.1, 0.15) is 18.5 Å². The first-order valence-corrected chi connectivity index (χ1v) is 8.41. The molecule has 4 atom stereocenters. The molecule has 0 radical (unpaired) electrons. The third-order valence-corrected chi connectivity index (χ3v) is 4.10. The maximum Gasteiger partial charge on any atom is 0.449 e. The third-order valence-electron chi connectivity index (χ3n) is 3.69. The molecule has 2 aromatic rings. The largest absolute Gasteiger partial charge is 0.449 e. The van der Waals surface area contributed by atoms with Crippen molar-refractivity contribution in [1.29, 1.82) is 0 Å². The van der Waals surface area contributed by atoms with Crippen molar-refractivity contribution in [1.82, 2.24) is 19.5 Å². The Morgan fingerprint density at radius 3 is 2.77 bits per heavy atom. The zero-order chi connectivity index (χ0) is 19.2. The smallest absolute Gasteiger partial charge is 0.390 e. The predicted octanol–water partition coefficient (Wildman–Crippen LogP) is -0.437. The number of nitrogens with one attached hydrogen (secondary N) is 1. The number of nitrogen functional groups attached to an aromatic ring is 1. The summed E-state index contributed by atoms with van der Waals surface area (Å²) in [4.78, 5) is 29.9. The van der Waals surface area contributed by atoms with Gasteiger partial charge in [0, 0.05) is 6.42 Å². The number of hydrogen-bond acceptors (Lipinski definition) is 9. The van der Waals surface area contributed by atoms with Crippen LogP contribution < -0.4 is 16.8 Å². The lowest BCUT2D eigenvalue weighted by molar-refractivity contribution is -0.152. The van der Waals surface area contributed by atoms with Gasteiger partial charge in [-0.2, -0.15) is 18.2 Å². The van der Waals surface area contributed by atoms with Gasteiger partial charge in [0.15, 0.2) is 11.2 Å². The lowest BCUT2D eigenvalue weighted by Crippen LogP contribution is -2.26. The third kappa shape index (κ3) is 3.51. The number of aromatic amines is 1. The van der Waals surface area contributed by atoms with E-state index < -0.39 is 61.6 Å². The molecule has 0 spiro atoms. The van der Waals surface area contributed by atoms with Gasteiger partial charge in [-0.15, -0.1) is 0 Å². The molecule has 15 heteroatoms. The first kappa shape index (κ1) is 18.9. The van der Waals surface area contributed by atoms with Crippen LogP contribution >= 0.6 is 8.53 Å². The van der Waals surface area contributed by atoms with Crippen molar-refractivity contribution in [3.05, 3.63) is 16.2 Å². The average Bonchev–Trinajstić information content (AvgIpc) is 3.05. The number of nitrogens with zero attached hydrogens (tertiary/aromatic N) is 3. The van der Waals surface area contributed by atoms with Crippen molar-refractivity contribution in [2.45, 2.75) is 31.0 Å². The van der Waals surface area contributed by atoms with Crippen LogP contribution in [0.15, 0.2) is 4.79 Å². The molecule has 0 saturated carbocycles. The number of alkyl halides is 3. The maximum absolute atomic E-state index is 13.4. The molecule has 1 aliphatic rings. The number of imidazole rings is 1. The summed E-state index contributed by atoms with van der Waals surface area (Å²) >= 11 is 0. The van der Waals surface area contributed by atoms with Crippen LogP contribution in [0.2, 0.25) is 0 Å². The van der Waals surface area contributed by atoms with Crippen molar-refractivity contribution < 1.29 is 32.4 Å². The fraction of sp³-hybridized carbons (Fsp3) is 0.545. The second-order valence-corrected chi connectivity index (χ2v) is 6.32. The highest BCUT2D eigenvalue weighted by molar-refractivity contribution is 7.43. The minimum absolute atomic E-state index is 0.259. The van der Waals surface area contributed by atoms with Crippen molar-refractivity contribution in [3.63, 3.8) is 0 Å². The summed E-state index contributed by atoms with van der Waals surface area (Å²) in [6, 6.07) is 0. The standard InChI is InChI=1S/C11H14F3N6O5P/c12-11(13,14)9-17-6-7(18-10(15)19-8(6)22)20(9)5-1-3(21)4(25-5)2-24-26(16)23/h3-5,21,23H,1-2,16H2,(H3,15,18,19,22)/t3-,4+,5+,26?/m0/s1. The summed E-state index contributed by atoms with van der Waals surface area (Å²) in [6.45, 7) is -0.333. The molecule has 1 saturated heterocycles. The molecular formula is C11H14F3N6O5P. The van der Waals surface area contributed by atoms with E-state index in [2.05, 4.69) is 15.0 Å². The zero-order valence-corrected chi connectivity index (χ0v) is 13.7. The van der Waals surface area contributed by atoms with Gasteiger partial charge in [-0.1, -0.05) is 0 Å². The van der Waals surface area contributed by atoms with Crippen LogP contribution in [0, 0.1) is 0 Å². The number of halogens is 3. The molecular weight excluding hydrogens is 384 g/mol. The lowest BCUT2D eigenvalue weighted by atomic mass is 10.2. The van der Waals surface area contributed by atoms with Gasteiger partial charge in [-0.25, -0.2) is 4.98 Å². The number of rotatable bonds is 4. The first-order chi connectivity index (χ1) is 12.1. The Balaban J connectivity index is 2.05. The highest BCUT2D eigenvalue weighted by atomic mass is 31.2. The summed E-state index contributed by atoms with van der Waals surface area (Å²) in [5.41, 5.74) is 8.54. The minimum Gasteiger partial charge on any atom is -0.390 e. The monoisotopic (exact) mass is 398 g/mol. The molecule has 3 rings (SSSR count). The second-order valence-electron chi connectivity index (χ2n) is 5.46.